The van der Waals surface area contributed by atoms with Gasteiger partial charge < -0.3 is 15.3 Å². The molecular formula is C31H31N3O3. The fraction of sp³-hybridized carbons (Fsp3) is 0.258. The summed E-state index contributed by atoms with van der Waals surface area (Å²) >= 11 is 0. The van der Waals surface area contributed by atoms with Crippen LogP contribution < -0.4 is 5.32 Å². The van der Waals surface area contributed by atoms with Gasteiger partial charge in [0, 0.05) is 37.4 Å². The summed E-state index contributed by atoms with van der Waals surface area (Å²) in [4.78, 5) is 30.9. The number of carboxylic acid groups (broad SMARTS) is 1. The Morgan fingerprint density at radius 1 is 1.00 bits per heavy atom. The van der Waals surface area contributed by atoms with Gasteiger partial charge in [-0.05, 0) is 53.8 Å². The van der Waals surface area contributed by atoms with Crippen molar-refractivity contribution in [2.45, 2.75) is 25.3 Å². The van der Waals surface area contributed by atoms with Crippen molar-refractivity contribution in [3.8, 4) is 0 Å². The number of hydrogen-bond donors (Lipinski definition) is 2. The van der Waals surface area contributed by atoms with Gasteiger partial charge in [0.05, 0.1) is 11.1 Å². The molecule has 1 aliphatic rings. The minimum Gasteiger partial charge on any atom is -0.478 e. The van der Waals surface area contributed by atoms with E-state index in [2.05, 4.69) is 71.8 Å². The van der Waals surface area contributed by atoms with E-state index in [1.807, 2.05) is 18.2 Å². The molecule has 1 saturated heterocycles. The maximum absolute atomic E-state index is 13.4. The number of amides is 1. The Morgan fingerprint density at radius 2 is 1.76 bits per heavy atom. The number of nitrogens with zero attached hydrogens (tertiary/aromatic N) is 2. The number of carbonyl (C=O) groups is 2. The van der Waals surface area contributed by atoms with E-state index in [0.717, 1.165) is 13.0 Å². The van der Waals surface area contributed by atoms with Crippen LogP contribution in [-0.4, -0.2) is 46.5 Å². The Bertz CT molecular complexity index is 1400. The van der Waals surface area contributed by atoms with Crippen LogP contribution in [0.15, 0.2) is 91.3 Å². The van der Waals surface area contributed by atoms with Crippen molar-refractivity contribution < 1.29 is 14.7 Å². The van der Waals surface area contributed by atoms with Gasteiger partial charge in [-0.15, -0.1) is 0 Å². The van der Waals surface area contributed by atoms with Gasteiger partial charge in [0.1, 0.15) is 0 Å². The Balaban J connectivity index is 1.35. The monoisotopic (exact) mass is 493 g/mol. The van der Waals surface area contributed by atoms with E-state index in [0.29, 0.717) is 19.0 Å². The van der Waals surface area contributed by atoms with Gasteiger partial charge in [-0.1, -0.05) is 72.8 Å². The molecule has 6 heteroatoms. The second kappa shape index (κ2) is 10.9. The lowest BCUT2D eigenvalue weighted by atomic mass is 9.80. The normalized spacial score (nSPS) is 18.5. The highest BCUT2D eigenvalue weighted by molar-refractivity contribution is 6.04. The van der Waals surface area contributed by atoms with Crippen molar-refractivity contribution in [2.24, 2.45) is 5.92 Å². The lowest BCUT2D eigenvalue weighted by Gasteiger charge is -2.39. The van der Waals surface area contributed by atoms with E-state index in [4.69, 9.17) is 0 Å². The first-order chi connectivity index (χ1) is 18.0. The van der Waals surface area contributed by atoms with Crippen molar-refractivity contribution in [3.63, 3.8) is 0 Å². The highest BCUT2D eigenvalue weighted by Crippen LogP contribution is 2.34. The quantitative estimate of drug-likeness (QED) is 0.354. The van der Waals surface area contributed by atoms with Crippen LogP contribution in [0.4, 0.5) is 0 Å². The molecule has 5 rings (SSSR count). The molecule has 2 N–H and O–H groups in total. The fourth-order valence-corrected chi connectivity index (χ4v) is 5.50. The number of hydrogen-bond acceptors (Lipinski definition) is 4. The predicted molar refractivity (Wildman–Crippen MR) is 145 cm³/mol. The largest absolute Gasteiger partial charge is 0.478 e. The first kappa shape index (κ1) is 24.7. The van der Waals surface area contributed by atoms with Crippen molar-refractivity contribution in [1.29, 1.82) is 0 Å². The van der Waals surface area contributed by atoms with Gasteiger partial charge in [0.15, 0.2) is 0 Å². The molecule has 2 heterocycles. The number of carboxylic acids is 1. The van der Waals surface area contributed by atoms with E-state index in [1.165, 1.54) is 40.4 Å². The van der Waals surface area contributed by atoms with Crippen LogP contribution in [0.5, 0.6) is 0 Å². The average Bonchev–Trinajstić information content (AvgIpc) is 2.95. The minimum absolute atomic E-state index is 0.0102. The summed E-state index contributed by atoms with van der Waals surface area (Å²) in [6, 6.07) is 26.7. The number of benzene rings is 3. The molecule has 37 heavy (non-hydrogen) atoms. The smallest absolute Gasteiger partial charge is 0.336 e. The van der Waals surface area contributed by atoms with Crippen LogP contribution in [0, 0.1) is 5.92 Å². The number of rotatable bonds is 7. The average molecular weight is 494 g/mol. The summed E-state index contributed by atoms with van der Waals surface area (Å²) in [5.74, 6) is -0.929. The Hall–Kier alpha value is -4.03. The maximum atomic E-state index is 13.4. The van der Waals surface area contributed by atoms with Gasteiger partial charge in [-0.3, -0.25) is 9.78 Å². The Kier molecular flexibility index (Phi) is 7.28. The first-order valence-corrected chi connectivity index (χ1v) is 12.8. The van der Waals surface area contributed by atoms with E-state index in [-0.39, 0.29) is 29.0 Å². The van der Waals surface area contributed by atoms with Gasteiger partial charge in [0.2, 0.25) is 0 Å². The Morgan fingerprint density at radius 3 is 2.57 bits per heavy atom. The van der Waals surface area contributed by atoms with Gasteiger partial charge >= 0.3 is 5.97 Å². The molecule has 188 valence electrons. The highest BCUT2D eigenvalue weighted by atomic mass is 16.4. The highest BCUT2D eigenvalue weighted by Gasteiger charge is 2.34. The number of nitrogens with one attached hydrogen (secondary N) is 1. The third-order valence-electron chi connectivity index (χ3n) is 7.53. The number of fused-ring (bicyclic) bond motifs is 1. The van der Waals surface area contributed by atoms with E-state index < -0.39 is 5.97 Å². The molecule has 1 amide bonds. The SMILES string of the molecule is CC(NCC1CCN(C(=O)c2cnccc2C(=O)O)CC1c1ccccc1)c1cccc2ccccc12. The molecule has 1 aromatic heterocycles. The number of carbonyl (C=O) groups excluding carboxylic acids is 1. The molecule has 1 aliphatic heterocycles. The lowest BCUT2D eigenvalue weighted by molar-refractivity contribution is 0.0630. The zero-order chi connectivity index (χ0) is 25.8. The summed E-state index contributed by atoms with van der Waals surface area (Å²) in [6.45, 7) is 4.13. The standard InChI is InChI=1S/C31H31N3O3/c1-21(25-13-7-11-22-10-5-6-12-26(22)25)33-18-24-15-17-34(20-29(24)23-8-3-2-4-9-23)30(35)28-19-32-16-14-27(28)31(36)37/h2-14,16,19,21,24,29,33H,15,17-18,20H2,1H3,(H,36,37). The van der Waals surface area contributed by atoms with Crippen molar-refractivity contribution in [2.75, 3.05) is 19.6 Å². The molecule has 3 unspecified atom stereocenters. The number of aromatic nitrogens is 1. The van der Waals surface area contributed by atoms with Crippen LogP contribution >= 0.6 is 0 Å². The van der Waals surface area contributed by atoms with Crippen LogP contribution in [0.3, 0.4) is 0 Å². The van der Waals surface area contributed by atoms with Crippen LogP contribution in [0.25, 0.3) is 10.8 Å². The molecular weight excluding hydrogens is 462 g/mol. The fourth-order valence-electron chi connectivity index (χ4n) is 5.50. The molecule has 0 spiro atoms. The molecule has 0 saturated carbocycles. The zero-order valence-corrected chi connectivity index (χ0v) is 20.9. The second-order valence-corrected chi connectivity index (χ2v) is 9.74. The summed E-state index contributed by atoms with van der Waals surface area (Å²) in [7, 11) is 0. The third-order valence-corrected chi connectivity index (χ3v) is 7.53. The summed E-state index contributed by atoms with van der Waals surface area (Å²) in [6.07, 6.45) is 3.59. The summed E-state index contributed by atoms with van der Waals surface area (Å²) in [5.41, 5.74) is 2.60. The molecule has 4 aromatic rings. The van der Waals surface area contributed by atoms with Gasteiger partial charge in [-0.2, -0.15) is 0 Å². The summed E-state index contributed by atoms with van der Waals surface area (Å²) < 4.78 is 0. The molecule has 1 fully saturated rings. The van der Waals surface area contributed by atoms with Crippen molar-refractivity contribution in [1.82, 2.24) is 15.2 Å². The van der Waals surface area contributed by atoms with Crippen LogP contribution in [-0.2, 0) is 0 Å². The maximum Gasteiger partial charge on any atom is 0.336 e. The van der Waals surface area contributed by atoms with Crippen LogP contribution in [0.1, 0.15) is 57.1 Å². The number of piperidine rings is 1. The first-order valence-electron chi connectivity index (χ1n) is 12.8. The van der Waals surface area contributed by atoms with Crippen LogP contribution in [0.2, 0.25) is 0 Å². The summed E-state index contributed by atoms with van der Waals surface area (Å²) in [5, 5.41) is 15.8. The topological polar surface area (TPSA) is 82.5 Å². The number of pyridine rings is 1. The molecule has 0 bridgehead atoms. The molecule has 0 aliphatic carbocycles. The van der Waals surface area contributed by atoms with E-state index in [1.54, 1.807) is 4.90 Å². The molecule has 3 atom stereocenters. The number of aromatic carboxylic acids is 1. The lowest BCUT2D eigenvalue weighted by Crippen LogP contribution is -2.45. The minimum atomic E-state index is -1.12. The van der Waals surface area contributed by atoms with Crippen molar-refractivity contribution >= 4 is 22.6 Å². The second-order valence-electron chi connectivity index (χ2n) is 9.74. The Labute approximate surface area is 217 Å². The molecule has 6 nitrogen and oxygen atoms in total. The molecule has 3 aromatic carbocycles. The zero-order valence-electron chi connectivity index (χ0n) is 20.9. The van der Waals surface area contributed by atoms with Gasteiger partial charge in [-0.25, -0.2) is 4.79 Å². The molecule has 0 radical (unpaired) electrons. The number of likely N-dealkylation sites (tertiary alicyclic amines) is 1. The van der Waals surface area contributed by atoms with Gasteiger partial charge in [0.25, 0.3) is 5.91 Å². The third kappa shape index (κ3) is 5.25. The van der Waals surface area contributed by atoms with E-state index >= 15 is 0 Å². The van der Waals surface area contributed by atoms with Crippen molar-refractivity contribution in [3.05, 3.63) is 114 Å². The predicted octanol–water partition coefficient (Wildman–Crippen LogP) is 5.53. The van der Waals surface area contributed by atoms with E-state index in [9.17, 15) is 14.7 Å².